The number of nitrogens with zero attached hydrogens (tertiary/aromatic N) is 2. The third-order valence-electron chi connectivity index (χ3n) is 4.60. The van der Waals surface area contributed by atoms with Crippen molar-refractivity contribution in [2.75, 3.05) is 26.2 Å². The summed E-state index contributed by atoms with van der Waals surface area (Å²) >= 11 is 1.81. The van der Waals surface area contributed by atoms with Crippen LogP contribution in [0.3, 0.4) is 0 Å². The zero-order valence-corrected chi connectivity index (χ0v) is 15.0. The van der Waals surface area contributed by atoms with Crippen molar-refractivity contribution in [2.45, 2.75) is 26.1 Å². The molecule has 1 fully saturated rings. The molecule has 1 amide bonds. The summed E-state index contributed by atoms with van der Waals surface area (Å²) in [7, 11) is 0. The second kappa shape index (κ2) is 8.42. The highest BCUT2D eigenvalue weighted by Crippen LogP contribution is 2.14. The molecule has 1 aliphatic heterocycles. The van der Waals surface area contributed by atoms with Crippen molar-refractivity contribution in [2.24, 2.45) is 0 Å². The van der Waals surface area contributed by atoms with Crippen LogP contribution in [-0.4, -0.2) is 47.9 Å². The average Bonchev–Trinajstić information content (AvgIpc) is 3.13. The molecule has 2 heterocycles. The molecular formula is C19H25N3OS. The van der Waals surface area contributed by atoms with Crippen molar-refractivity contribution in [3.63, 3.8) is 0 Å². The van der Waals surface area contributed by atoms with Crippen molar-refractivity contribution in [3.05, 3.63) is 58.3 Å². The lowest BCUT2D eigenvalue weighted by molar-refractivity contribution is -0.126. The van der Waals surface area contributed by atoms with Gasteiger partial charge < -0.3 is 5.32 Å². The van der Waals surface area contributed by atoms with E-state index in [2.05, 4.69) is 32.6 Å². The van der Waals surface area contributed by atoms with Crippen LogP contribution in [0.15, 0.2) is 47.8 Å². The number of carbonyl (C=O) groups is 1. The predicted molar refractivity (Wildman–Crippen MR) is 98.9 cm³/mol. The lowest BCUT2D eigenvalue weighted by atomic mass is 10.2. The van der Waals surface area contributed by atoms with Crippen LogP contribution in [-0.2, 0) is 17.9 Å². The lowest BCUT2D eigenvalue weighted by Gasteiger charge is -2.37. The van der Waals surface area contributed by atoms with E-state index in [0.717, 1.165) is 38.3 Å². The summed E-state index contributed by atoms with van der Waals surface area (Å²) in [6.45, 7) is 7.58. The van der Waals surface area contributed by atoms with Crippen molar-refractivity contribution < 1.29 is 4.79 Å². The molecule has 0 spiro atoms. The van der Waals surface area contributed by atoms with Crippen LogP contribution >= 0.6 is 11.3 Å². The number of nitrogens with one attached hydrogen (secondary N) is 1. The van der Waals surface area contributed by atoms with Gasteiger partial charge >= 0.3 is 0 Å². The van der Waals surface area contributed by atoms with Gasteiger partial charge in [-0.3, -0.25) is 14.6 Å². The summed E-state index contributed by atoms with van der Waals surface area (Å²) in [5.41, 5.74) is 1.14. The summed E-state index contributed by atoms with van der Waals surface area (Å²) < 4.78 is 0. The van der Waals surface area contributed by atoms with Crippen LogP contribution in [0.1, 0.15) is 17.4 Å². The summed E-state index contributed by atoms with van der Waals surface area (Å²) in [4.78, 5) is 18.6. The first kappa shape index (κ1) is 17.1. The minimum Gasteiger partial charge on any atom is -0.351 e. The van der Waals surface area contributed by atoms with Gasteiger partial charge in [0.2, 0.25) is 5.91 Å². The Hall–Kier alpha value is -1.69. The zero-order valence-electron chi connectivity index (χ0n) is 14.1. The largest absolute Gasteiger partial charge is 0.351 e. The molecule has 1 aliphatic rings. The first-order valence-corrected chi connectivity index (χ1v) is 9.41. The third-order valence-corrected chi connectivity index (χ3v) is 5.46. The monoisotopic (exact) mass is 343 g/mol. The average molecular weight is 343 g/mol. The van der Waals surface area contributed by atoms with Crippen LogP contribution in [0.2, 0.25) is 0 Å². The van der Waals surface area contributed by atoms with Gasteiger partial charge in [-0.1, -0.05) is 36.4 Å². The molecule has 1 unspecified atom stereocenters. The molecule has 1 aromatic carbocycles. The van der Waals surface area contributed by atoms with Gasteiger partial charge in [0.25, 0.3) is 0 Å². The highest BCUT2D eigenvalue weighted by atomic mass is 32.1. The topological polar surface area (TPSA) is 35.6 Å². The number of piperazine rings is 1. The van der Waals surface area contributed by atoms with Gasteiger partial charge in [0.15, 0.2) is 0 Å². The van der Waals surface area contributed by atoms with Crippen molar-refractivity contribution in [1.29, 1.82) is 0 Å². The molecule has 0 saturated carbocycles. The van der Waals surface area contributed by atoms with Gasteiger partial charge in [-0.2, -0.15) is 0 Å². The number of amides is 1. The molecule has 4 nitrogen and oxygen atoms in total. The highest BCUT2D eigenvalue weighted by Gasteiger charge is 2.25. The minimum atomic E-state index is -0.0717. The van der Waals surface area contributed by atoms with Gasteiger partial charge in [-0.25, -0.2) is 0 Å². The molecule has 2 aromatic rings. The van der Waals surface area contributed by atoms with E-state index in [1.165, 1.54) is 4.88 Å². The zero-order chi connectivity index (χ0) is 16.8. The molecule has 1 atom stereocenters. The standard InChI is InChI=1S/C19H25N3OS/c1-16(19(23)20-14-17-6-3-2-4-7-17)22-11-9-21(10-12-22)15-18-8-5-13-24-18/h2-8,13,16H,9-12,14-15H2,1H3,(H,20,23). The summed E-state index contributed by atoms with van der Waals surface area (Å²) in [5, 5.41) is 5.18. The van der Waals surface area contributed by atoms with Crippen LogP contribution in [0.5, 0.6) is 0 Å². The van der Waals surface area contributed by atoms with Gasteiger partial charge in [0.1, 0.15) is 0 Å². The van der Waals surface area contributed by atoms with Gasteiger partial charge in [-0.05, 0) is 23.9 Å². The van der Waals surface area contributed by atoms with E-state index < -0.39 is 0 Å². The van der Waals surface area contributed by atoms with E-state index in [4.69, 9.17) is 0 Å². The molecule has 1 N–H and O–H groups in total. The smallest absolute Gasteiger partial charge is 0.237 e. The number of thiophene rings is 1. The Balaban J connectivity index is 1.42. The first-order valence-electron chi connectivity index (χ1n) is 8.53. The molecule has 1 aromatic heterocycles. The van der Waals surface area contributed by atoms with E-state index in [0.29, 0.717) is 6.54 Å². The summed E-state index contributed by atoms with van der Waals surface area (Å²) in [5.74, 6) is 0.116. The fourth-order valence-corrected chi connectivity index (χ4v) is 3.78. The maximum atomic E-state index is 12.4. The van der Waals surface area contributed by atoms with E-state index in [9.17, 15) is 4.79 Å². The Bertz CT molecular complexity index is 621. The molecule has 0 bridgehead atoms. The first-order chi connectivity index (χ1) is 11.7. The predicted octanol–water partition coefficient (Wildman–Crippen LogP) is 2.57. The normalized spacial score (nSPS) is 17.5. The molecule has 0 aliphatic carbocycles. The Morgan fingerprint density at radius 3 is 2.54 bits per heavy atom. The highest BCUT2D eigenvalue weighted by molar-refractivity contribution is 7.09. The Labute approximate surface area is 148 Å². The molecule has 3 rings (SSSR count). The van der Waals surface area contributed by atoms with Crippen LogP contribution in [0.4, 0.5) is 0 Å². The van der Waals surface area contributed by atoms with E-state index in [1.807, 2.05) is 48.6 Å². The van der Waals surface area contributed by atoms with Gasteiger partial charge in [-0.15, -0.1) is 11.3 Å². The number of hydrogen-bond acceptors (Lipinski definition) is 4. The van der Waals surface area contributed by atoms with Gasteiger partial charge in [0, 0.05) is 44.1 Å². The van der Waals surface area contributed by atoms with Crippen LogP contribution < -0.4 is 5.32 Å². The second-order valence-corrected chi connectivity index (χ2v) is 7.30. The number of rotatable bonds is 6. The SMILES string of the molecule is CC(C(=O)NCc1ccccc1)N1CCN(Cc2cccs2)CC1. The molecule has 0 radical (unpaired) electrons. The fourth-order valence-electron chi connectivity index (χ4n) is 3.03. The summed E-state index contributed by atoms with van der Waals surface area (Å²) in [6.07, 6.45) is 0. The molecule has 5 heteroatoms. The van der Waals surface area contributed by atoms with E-state index in [1.54, 1.807) is 0 Å². The van der Waals surface area contributed by atoms with Crippen LogP contribution in [0.25, 0.3) is 0 Å². The quantitative estimate of drug-likeness (QED) is 0.876. The Morgan fingerprint density at radius 2 is 1.88 bits per heavy atom. The van der Waals surface area contributed by atoms with Gasteiger partial charge in [0.05, 0.1) is 6.04 Å². The summed E-state index contributed by atoms with van der Waals surface area (Å²) in [6, 6.07) is 14.3. The maximum Gasteiger partial charge on any atom is 0.237 e. The lowest BCUT2D eigenvalue weighted by Crippen LogP contribution is -2.53. The Kier molecular flexibility index (Phi) is 6.01. The van der Waals surface area contributed by atoms with E-state index in [-0.39, 0.29) is 11.9 Å². The van der Waals surface area contributed by atoms with Crippen molar-refractivity contribution >= 4 is 17.2 Å². The molecular weight excluding hydrogens is 318 g/mol. The van der Waals surface area contributed by atoms with Crippen molar-refractivity contribution in [3.8, 4) is 0 Å². The molecule has 1 saturated heterocycles. The number of benzene rings is 1. The maximum absolute atomic E-state index is 12.4. The second-order valence-electron chi connectivity index (χ2n) is 6.27. The number of hydrogen-bond donors (Lipinski definition) is 1. The number of carbonyl (C=O) groups excluding carboxylic acids is 1. The molecule has 128 valence electrons. The van der Waals surface area contributed by atoms with Crippen LogP contribution in [0, 0.1) is 0 Å². The Morgan fingerprint density at radius 1 is 1.12 bits per heavy atom. The van der Waals surface area contributed by atoms with E-state index >= 15 is 0 Å². The molecule has 24 heavy (non-hydrogen) atoms. The third kappa shape index (κ3) is 4.66. The van der Waals surface area contributed by atoms with Crippen molar-refractivity contribution in [1.82, 2.24) is 15.1 Å². The minimum absolute atomic E-state index is 0.0717. The fraction of sp³-hybridized carbons (Fsp3) is 0.421.